The molecule has 4 rings (SSSR count). The largest absolute Gasteiger partial charge is 0.495 e. The Bertz CT molecular complexity index is 1860. The molecular weight excluding hydrogens is 718 g/mol. The molecule has 1 aliphatic heterocycles. The second kappa shape index (κ2) is 20.2. The number of hydrogen-bond acceptors (Lipinski definition) is 9. The molecule has 14 heteroatoms. The van der Waals surface area contributed by atoms with Crippen molar-refractivity contribution in [1.82, 2.24) is 10.2 Å². The summed E-state index contributed by atoms with van der Waals surface area (Å²) in [6, 6.07) is 16.7. The number of para-hydroxylation sites is 1. The first kappa shape index (κ1) is 42.9. The first-order chi connectivity index (χ1) is 26.7. The van der Waals surface area contributed by atoms with E-state index in [1.54, 1.807) is 75.2 Å². The zero-order valence-corrected chi connectivity index (χ0v) is 33.3. The maximum Gasteiger partial charge on any atom is 0.407 e. The number of primary amides is 1. The van der Waals surface area contributed by atoms with Crippen LogP contribution in [0.4, 0.5) is 16.2 Å². The van der Waals surface area contributed by atoms with Gasteiger partial charge in [-0.3, -0.25) is 19.2 Å². The normalized spacial score (nSPS) is 13.8. The third-order valence-electron chi connectivity index (χ3n) is 9.05. The fourth-order valence-electron chi connectivity index (χ4n) is 6.22. The van der Waals surface area contributed by atoms with Crippen molar-refractivity contribution in [3.8, 4) is 17.2 Å². The number of amides is 5. The topological polar surface area (TPSA) is 179 Å². The molecule has 1 saturated heterocycles. The van der Waals surface area contributed by atoms with Gasteiger partial charge in [0.05, 0.1) is 37.3 Å². The van der Waals surface area contributed by atoms with Crippen molar-refractivity contribution in [2.45, 2.75) is 84.3 Å². The number of nitrogens with one attached hydrogen (secondary N) is 2. The number of hydrogen-bond donors (Lipinski definition) is 3. The number of alkyl carbamates (subject to hydrolysis) is 1. The Morgan fingerprint density at radius 2 is 1.62 bits per heavy atom. The average molecular weight is 774 g/mol. The van der Waals surface area contributed by atoms with Crippen LogP contribution in [-0.4, -0.2) is 86.7 Å². The van der Waals surface area contributed by atoms with Crippen molar-refractivity contribution in [1.29, 1.82) is 0 Å². The fraction of sp³-hybridized carbons (Fsp3) is 0.452. The molecule has 3 aromatic carbocycles. The molecule has 0 spiro atoms. The van der Waals surface area contributed by atoms with Gasteiger partial charge in [-0.05, 0) is 114 Å². The van der Waals surface area contributed by atoms with Gasteiger partial charge in [-0.2, -0.15) is 0 Å². The molecule has 1 fully saturated rings. The molecule has 0 bridgehead atoms. The van der Waals surface area contributed by atoms with Crippen molar-refractivity contribution < 1.29 is 42.9 Å². The van der Waals surface area contributed by atoms with E-state index in [2.05, 4.69) is 10.6 Å². The summed E-state index contributed by atoms with van der Waals surface area (Å²) in [4.78, 5) is 66.4. The summed E-state index contributed by atoms with van der Waals surface area (Å²) in [6.07, 6.45) is 3.86. The van der Waals surface area contributed by atoms with E-state index in [0.29, 0.717) is 85.8 Å². The molecule has 1 atom stereocenters. The molecule has 1 heterocycles. The van der Waals surface area contributed by atoms with E-state index in [9.17, 15) is 24.0 Å². The average Bonchev–Trinajstić information content (AvgIpc) is 3.66. The van der Waals surface area contributed by atoms with Crippen LogP contribution in [0.1, 0.15) is 92.0 Å². The van der Waals surface area contributed by atoms with Gasteiger partial charge in [0.2, 0.25) is 11.8 Å². The first-order valence-corrected chi connectivity index (χ1v) is 19.0. The molecule has 3 aromatic rings. The smallest absolute Gasteiger partial charge is 0.407 e. The Labute approximate surface area is 329 Å². The van der Waals surface area contributed by atoms with E-state index >= 15 is 0 Å². The molecule has 0 radical (unpaired) electrons. The van der Waals surface area contributed by atoms with Crippen molar-refractivity contribution in [3.05, 3.63) is 77.4 Å². The molecule has 56 heavy (non-hydrogen) atoms. The van der Waals surface area contributed by atoms with E-state index in [1.165, 1.54) is 12.0 Å². The predicted octanol–water partition coefficient (Wildman–Crippen LogP) is 6.24. The minimum atomic E-state index is -0.592. The highest BCUT2D eigenvalue weighted by Crippen LogP contribution is 2.33. The van der Waals surface area contributed by atoms with Gasteiger partial charge in [0.25, 0.3) is 11.8 Å². The van der Waals surface area contributed by atoms with Crippen molar-refractivity contribution >= 4 is 41.1 Å². The Kier molecular flexibility index (Phi) is 15.5. The third-order valence-corrected chi connectivity index (χ3v) is 9.05. The van der Waals surface area contributed by atoms with E-state index in [4.69, 9.17) is 24.7 Å². The Hall–Kier alpha value is -5.79. The lowest BCUT2D eigenvalue weighted by Crippen LogP contribution is -2.43. The number of benzene rings is 3. The number of likely N-dealkylation sites (tertiary alicyclic amines) is 1. The van der Waals surface area contributed by atoms with Gasteiger partial charge in [0.15, 0.2) is 0 Å². The van der Waals surface area contributed by atoms with E-state index in [-0.39, 0.29) is 24.2 Å². The summed E-state index contributed by atoms with van der Waals surface area (Å²) >= 11 is 0. The molecular formula is C42H55N5O9. The minimum Gasteiger partial charge on any atom is -0.495 e. The zero-order chi connectivity index (χ0) is 40.8. The number of unbranched alkanes of at least 4 members (excludes halogenated alkanes) is 2. The molecule has 14 nitrogen and oxygen atoms in total. The van der Waals surface area contributed by atoms with Gasteiger partial charge >= 0.3 is 6.09 Å². The number of ether oxygens (including phenoxy) is 4. The number of nitrogens with zero attached hydrogens (tertiary/aromatic N) is 2. The van der Waals surface area contributed by atoms with Crippen LogP contribution < -0.4 is 35.5 Å². The number of carbonyl (C=O) groups is 5. The second-order valence-corrected chi connectivity index (χ2v) is 14.6. The standard InChI is InChI=1S/C42H55N5O9/c1-28-18-21-32(36(26-28)55-24-11-7-8-17-37(48)47-23-12-15-33(47)38(43)49)46(5)40(51)29-19-20-31(35(27-29)53-6)45-39(50)30-14-9-10-16-34(30)54-25-13-22-44-41(52)56-42(2,3)4/h9-10,14,16,18-21,26-27,33H,7-8,11-13,15,17,22-25H2,1-6H3,(H2,43,49)(H,44,52)(H,45,50)/t33-/m0/s1. The lowest BCUT2D eigenvalue weighted by atomic mass is 10.1. The summed E-state index contributed by atoms with van der Waals surface area (Å²) in [5.41, 5.74) is 7.41. The van der Waals surface area contributed by atoms with Crippen molar-refractivity contribution in [3.63, 3.8) is 0 Å². The number of carbonyl (C=O) groups excluding carboxylic acids is 5. The predicted molar refractivity (Wildman–Crippen MR) is 214 cm³/mol. The summed E-state index contributed by atoms with van der Waals surface area (Å²) in [6.45, 7) is 8.86. The van der Waals surface area contributed by atoms with Crippen LogP contribution in [0, 0.1) is 6.92 Å². The van der Waals surface area contributed by atoms with Gasteiger partial charge in [-0.1, -0.05) is 18.2 Å². The van der Waals surface area contributed by atoms with E-state index in [1.807, 2.05) is 25.1 Å². The van der Waals surface area contributed by atoms with Gasteiger partial charge in [0.1, 0.15) is 28.9 Å². The van der Waals surface area contributed by atoms with Crippen LogP contribution in [0.15, 0.2) is 60.7 Å². The Morgan fingerprint density at radius 1 is 0.893 bits per heavy atom. The fourth-order valence-corrected chi connectivity index (χ4v) is 6.22. The summed E-state index contributed by atoms with van der Waals surface area (Å²) in [7, 11) is 3.12. The van der Waals surface area contributed by atoms with E-state index in [0.717, 1.165) is 18.4 Å². The molecule has 0 saturated carbocycles. The highest BCUT2D eigenvalue weighted by Gasteiger charge is 2.32. The Morgan fingerprint density at radius 3 is 2.36 bits per heavy atom. The van der Waals surface area contributed by atoms with Crippen LogP contribution in [0.2, 0.25) is 0 Å². The first-order valence-electron chi connectivity index (χ1n) is 19.0. The number of anilines is 2. The maximum absolute atomic E-state index is 13.8. The van der Waals surface area contributed by atoms with Crippen LogP contribution in [0.3, 0.4) is 0 Å². The lowest BCUT2D eigenvalue weighted by molar-refractivity contribution is -0.137. The van der Waals surface area contributed by atoms with Crippen molar-refractivity contribution in [2.75, 3.05) is 50.7 Å². The zero-order valence-electron chi connectivity index (χ0n) is 33.3. The van der Waals surface area contributed by atoms with Crippen LogP contribution >= 0.6 is 0 Å². The molecule has 0 unspecified atom stereocenters. The summed E-state index contributed by atoms with van der Waals surface area (Å²) < 4.78 is 22.8. The lowest BCUT2D eigenvalue weighted by Gasteiger charge is -2.22. The number of nitrogens with two attached hydrogens (primary N) is 1. The number of methoxy groups -OCH3 is 1. The van der Waals surface area contributed by atoms with Gasteiger partial charge in [0, 0.05) is 32.1 Å². The SMILES string of the molecule is COc1cc(C(=O)N(C)c2ccc(C)cc2OCCCCCC(=O)N2CCC[C@H]2C(N)=O)ccc1NC(=O)c1ccccc1OCCCNC(=O)OC(C)(C)C. The minimum absolute atomic E-state index is 0.0463. The van der Waals surface area contributed by atoms with Crippen LogP contribution in [-0.2, 0) is 14.3 Å². The van der Waals surface area contributed by atoms with Gasteiger partial charge < -0.3 is 45.1 Å². The number of rotatable bonds is 18. The summed E-state index contributed by atoms with van der Waals surface area (Å²) in [5.74, 6) is -0.0323. The maximum atomic E-state index is 13.8. The molecule has 0 aromatic heterocycles. The van der Waals surface area contributed by atoms with Gasteiger partial charge in [-0.25, -0.2) is 4.79 Å². The molecule has 5 amide bonds. The molecule has 4 N–H and O–H groups in total. The number of aryl methyl sites for hydroxylation is 1. The van der Waals surface area contributed by atoms with Crippen LogP contribution in [0.5, 0.6) is 17.2 Å². The second-order valence-electron chi connectivity index (χ2n) is 14.6. The Balaban J connectivity index is 1.32. The van der Waals surface area contributed by atoms with Crippen molar-refractivity contribution in [2.24, 2.45) is 5.73 Å². The summed E-state index contributed by atoms with van der Waals surface area (Å²) in [5, 5.41) is 5.54. The molecule has 1 aliphatic rings. The highest BCUT2D eigenvalue weighted by atomic mass is 16.6. The van der Waals surface area contributed by atoms with Gasteiger partial charge in [-0.15, -0.1) is 0 Å². The third kappa shape index (κ3) is 12.4. The van der Waals surface area contributed by atoms with Crippen LogP contribution in [0.25, 0.3) is 0 Å². The molecule has 0 aliphatic carbocycles. The molecule has 302 valence electrons. The highest BCUT2D eigenvalue weighted by molar-refractivity contribution is 6.09. The van der Waals surface area contributed by atoms with E-state index < -0.39 is 29.6 Å². The monoisotopic (exact) mass is 773 g/mol. The quantitative estimate of drug-likeness (QED) is 0.126.